The molecule has 1 heterocycles. The van der Waals surface area contributed by atoms with E-state index in [4.69, 9.17) is 4.74 Å². The number of aryl methyl sites for hydroxylation is 2. The summed E-state index contributed by atoms with van der Waals surface area (Å²) in [5, 5.41) is 6.14. The minimum absolute atomic E-state index is 0.0442. The van der Waals surface area contributed by atoms with Gasteiger partial charge in [-0.05, 0) is 64.1 Å². The number of anilines is 4. The predicted molar refractivity (Wildman–Crippen MR) is 125 cm³/mol. The van der Waals surface area contributed by atoms with Gasteiger partial charge in [-0.2, -0.15) is 0 Å². The molecule has 0 aliphatic carbocycles. The normalized spacial score (nSPS) is 10.5. The topological polar surface area (TPSA) is 79.4 Å². The summed E-state index contributed by atoms with van der Waals surface area (Å²) < 4.78 is 5.52. The Morgan fingerprint density at radius 3 is 2.23 bits per heavy atom. The van der Waals surface area contributed by atoms with Gasteiger partial charge in [0.05, 0.1) is 0 Å². The third kappa shape index (κ3) is 6.44. The molecule has 1 aromatic heterocycles. The highest BCUT2D eigenvalue weighted by Crippen LogP contribution is 2.21. The van der Waals surface area contributed by atoms with E-state index in [1.165, 1.54) is 0 Å². The molecule has 0 saturated heterocycles. The van der Waals surface area contributed by atoms with Gasteiger partial charge in [-0.15, -0.1) is 0 Å². The number of carbonyl (C=O) groups excluding carboxylic acids is 1. The van der Waals surface area contributed by atoms with Crippen molar-refractivity contribution in [2.45, 2.75) is 27.7 Å². The molecule has 0 aliphatic rings. The second-order valence-electron chi connectivity index (χ2n) is 7.18. The number of benzene rings is 2. The molecule has 7 heteroatoms. The summed E-state index contributed by atoms with van der Waals surface area (Å²) in [5.74, 6) is 2.81. The van der Waals surface area contributed by atoms with E-state index in [-0.39, 0.29) is 12.5 Å². The molecule has 3 rings (SSSR count). The molecule has 2 N–H and O–H groups in total. The Labute approximate surface area is 183 Å². The summed E-state index contributed by atoms with van der Waals surface area (Å²) in [6.07, 6.45) is 0. The van der Waals surface area contributed by atoms with E-state index in [0.29, 0.717) is 17.3 Å². The van der Waals surface area contributed by atoms with Gasteiger partial charge in [0.1, 0.15) is 23.2 Å². The molecule has 7 nitrogen and oxygen atoms in total. The molecule has 0 saturated carbocycles. The molecule has 0 atom stereocenters. The number of nitrogens with one attached hydrogen (secondary N) is 2. The first-order chi connectivity index (χ1) is 15.0. The van der Waals surface area contributed by atoms with Crippen molar-refractivity contribution in [3.63, 3.8) is 0 Å². The fourth-order valence-electron chi connectivity index (χ4n) is 3.09. The summed E-state index contributed by atoms with van der Waals surface area (Å²) >= 11 is 0. The van der Waals surface area contributed by atoms with E-state index in [9.17, 15) is 4.79 Å². The van der Waals surface area contributed by atoms with Crippen LogP contribution in [0, 0.1) is 13.8 Å². The van der Waals surface area contributed by atoms with Crippen LogP contribution in [0.2, 0.25) is 0 Å². The molecule has 0 radical (unpaired) electrons. The number of aromatic nitrogens is 2. The van der Waals surface area contributed by atoms with Gasteiger partial charge in [-0.3, -0.25) is 4.79 Å². The molecule has 0 fully saturated rings. The molecular formula is C24H29N5O2. The van der Waals surface area contributed by atoms with Crippen molar-refractivity contribution in [3.05, 3.63) is 66.0 Å². The first-order valence-corrected chi connectivity index (χ1v) is 10.4. The van der Waals surface area contributed by atoms with Gasteiger partial charge in [0.2, 0.25) is 0 Å². The van der Waals surface area contributed by atoms with Crippen LogP contribution in [0.1, 0.15) is 25.2 Å². The van der Waals surface area contributed by atoms with Gasteiger partial charge in [0, 0.05) is 30.5 Å². The molecule has 162 valence electrons. The van der Waals surface area contributed by atoms with Gasteiger partial charge in [-0.1, -0.05) is 17.7 Å². The average Bonchev–Trinajstić information content (AvgIpc) is 2.75. The molecule has 2 aromatic carbocycles. The summed E-state index contributed by atoms with van der Waals surface area (Å²) in [7, 11) is 0. The van der Waals surface area contributed by atoms with Crippen LogP contribution >= 0.6 is 0 Å². The minimum Gasteiger partial charge on any atom is -0.484 e. The van der Waals surface area contributed by atoms with Crippen molar-refractivity contribution < 1.29 is 9.53 Å². The number of hydrogen-bond donors (Lipinski definition) is 2. The zero-order chi connectivity index (χ0) is 22.2. The van der Waals surface area contributed by atoms with Crippen LogP contribution in [0.25, 0.3) is 0 Å². The Hall–Kier alpha value is -3.61. The molecule has 3 aromatic rings. The lowest BCUT2D eigenvalue weighted by molar-refractivity contribution is -0.118. The quantitative estimate of drug-likeness (QED) is 0.523. The van der Waals surface area contributed by atoms with Crippen LogP contribution in [0.3, 0.4) is 0 Å². The number of ether oxygens (including phenoxy) is 1. The zero-order valence-electron chi connectivity index (χ0n) is 18.5. The maximum atomic E-state index is 12.2. The second kappa shape index (κ2) is 10.4. The molecule has 0 unspecified atom stereocenters. The monoisotopic (exact) mass is 419 g/mol. The smallest absolute Gasteiger partial charge is 0.262 e. The maximum absolute atomic E-state index is 12.2. The fraction of sp³-hybridized carbons (Fsp3) is 0.292. The van der Waals surface area contributed by atoms with Gasteiger partial charge in [0.25, 0.3) is 5.91 Å². The van der Waals surface area contributed by atoms with Crippen LogP contribution in [0.15, 0.2) is 54.6 Å². The summed E-state index contributed by atoms with van der Waals surface area (Å²) in [5.41, 5.74) is 2.72. The Balaban J connectivity index is 1.57. The molecule has 0 aliphatic heterocycles. The van der Waals surface area contributed by atoms with Crippen molar-refractivity contribution in [2.24, 2.45) is 0 Å². The van der Waals surface area contributed by atoms with E-state index in [1.807, 2.05) is 68.4 Å². The summed E-state index contributed by atoms with van der Waals surface area (Å²) in [6, 6.07) is 17.0. The lowest BCUT2D eigenvalue weighted by Gasteiger charge is -2.20. The SMILES string of the molecule is CCN(CC)c1cc(Nc2ccc(NC(=O)COc3ccc(C)cc3)cc2)nc(C)n1. The second-order valence-corrected chi connectivity index (χ2v) is 7.18. The first-order valence-electron chi connectivity index (χ1n) is 10.4. The van der Waals surface area contributed by atoms with Gasteiger partial charge < -0.3 is 20.3 Å². The third-order valence-corrected chi connectivity index (χ3v) is 4.74. The van der Waals surface area contributed by atoms with Crippen LogP contribution in [-0.4, -0.2) is 35.6 Å². The Bertz CT molecular complexity index is 999. The number of hydrogen-bond acceptors (Lipinski definition) is 6. The lowest BCUT2D eigenvalue weighted by Crippen LogP contribution is -2.23. The highest BCUT2D eigenvalue weighted by molar-refractivity contribution is 5.92. The Kier molecular flexibility index (Phi) is 7.43. The molecule has 1 amide bonds. The van der Waals surface area contributed by atoms with Crippen molar-refractivity contribution in [1.82, 2.24) is 9.97 Å². The largest absolute Gasteiger partial charge is 0.484 e. The Morgan fingerprint density at radius 1 is 0.935 bits per heavy atom. The first kappa shape index (κ1) is 22.1. The van der Waals surface area contributed by atoms with Crippen molar-refractivity contribution in [1.29, 1.82) is 0 Å². The summed E-state index contributed by atoms with van der Waals surface area (Å²) in [6.45, 7) is 9.82. The number of nitrogens with zero attached hydrogens (tertiary/aromatic N) is 3. The minimum atomic E-state index is -0.212. The van der Waals surface area contributed by atoms with Crippen molar-refractivity contribution in [2.75, 3.05) is 35.2 Å². The van der Waals surface area contributed by atoms with Gasteiger partial charge in [-0.25, -0.2) is 9.97 Å². The van der Waals surface area contributed by atoms with Gasteiger partial charge in [0.15, 0.2) is 6.61 Å². The standard InChI is InChI=1S/C24H29N5O2/c1-5-29(6-2)23-15-22(25-18(4)26-23)27-19-9-11-20(12-10-19)28-24(30)16-31-21-13-7-17(3)8-14-21/h7-15H,5-6,16H2,1-4H3,(H,28,30)(H,25,26,27). The van der Waals surface area contributed by atoms with Crippen LogP contribution in [0.5, 0.6) is 5.75 Å². The van der Waals surface area contributed by atoms with Crippen molar-refractivity contribution >= 4 is 28.9 Å². The van der Waals surface area contributed by atoms with E-state index >= 15 is 0 Å². The van der Waals surface area contributed by atoms with E-state index in [1.54, 1.807) is 0 Å². The van der Waals surface area contributed by atoms with Crippen LogP contribution in [-0.2, 0) is 4.79 Å². The molecule has 0 spiro atoms. The van der Waals surface area contributed by atoms with E-state index in [0.717, 1.165) is 36.0 Å². The maximum Gasteiger partial charge on any atom is 0.262 e. The van der Waals surface area contributed by atoms with E-state index in [2.05, 4.69) is 39.3 Å². The fourth-order valence-corrected chi connectivity index (χ4v) is 3.09. The highest BCUT2D eigenvalue weighted by atomic mass is 16.5. The molecular weight excluding hydrogens is 390 g/mol. The summed E-state index contributed by atoms with van der Waals surface area (Å²) in [4.78, 5) is 23.3. The van der Waals surface area contributed by atoms with Gasteiger partial charge >= 0.3 is 0 Å². The van der Waals surface area contributed by atoms with Crippen LogP contribution < -0.4 is 20.3 Å². The van der Waals surface area contributed by atoms with Crippen molar-refractivity contribution in [3.8, 4) is 5.75 Å². The van der Waals surface area contributed by atoms with E-state index < -0.39 is 0 Å². The Morgan fingerprint density at radius 2 is 1.58 bits per heavy atom. The number of rotatable bonds is 9. The predicted octanol–water partition coefficient (Wildman–Crippen LogP) is 4.70. The molecule has 31 heavy (non-hydrogen) atoms. The molecule has 0 bridgehead atoms. The zero-order valence-corrected chi connectivity index (χ0v) is 18.5. The van der Waals surface area contributed by atoms with Crippen LogP contribution in [0.4, 0.5) is 23.0 Å². The highest BCUT2D eigenvalue weighted by Gasteiger charge is 2.08. The number of amides is 1. The third-order valence-electron chi connectivity index (χ3n) is 4.74. The lowest BCUT2D eigenvalue weighted by atomic mass is 10.2. The number of carbonyl (C=O) groups is 1. The average molecular weight is 420 g/mol.